The number of aromatic nitrogens is 2. The molecule has 0 fully saturated rings. The van der Waals surface area contributed by atoms with Crippen molar-refractivity contribution in [3.05, 3.63) is 166 Å². The third-order valence-electron chi connectivity index (χ3n) is 9.57. The third kappa shape index (κ3) is 9.67. The van der Waals surface area contributed by atoms with Gasteiger partial charge in [0.25, 0.3) is 0 Å². The van der Waals surface area contributed by atoms with Gasteiger partial charge in [-0.15, -0.1) is 53.6 Å². The van der Waals surface area contributed by atoms with Gasteiger partial charge >= 0.3 is 0 Å². The Hall–Kier alpha value is -5.15. The van der Waals surface area contributed by atoms with Gasteiger partial charge in [0.2, 0.25) is 0 Å². The fraction of sp³-hybridized carbons (Fsp3) is 0.273. The van der Waals surface area contributed by atoms with Gasteiger partial charge in [-0.3, -0.25) is 0 Å². The summed E-state index contributed by atoms with van der Waals surface area (Å²) in [6, 6.07) is 30.5. The molecule has 0 aliphatic carbocycles. The molecule has 0 aliphatic heterocycles. The van der Waals surface area contributed by atoms with Crippen LogP contribution in [0.3, 0.4) is 0 Å². The van der Waals surface area contributed by atoms with Crippen LogP contribution in [0.4, 0.5) is 0 Å². The number of hydrogen-bond donors (Lipinski definition) is 0. The summed E-state index contributed by atoms with van der Waals surface area (Å²) in [6.07, 6.45) is 1.10. The van der Waals surface area contributed by atoms with Crippen LogP contribution >= 0.6 is 0 Å². The molecule has 0 aliphatic rings. The first-order valence-corrected chi connectivity index (χ1v) is 18.7. The molecule has 8 aromatic rings. The van der Waals surface area contributed by atoms with Crippen LogP contribution in [0, 0.1) is 58.7 Å². The van der Waals surface area contributed by atoms with Gasteiger partial charge in [-0.25, -0.2) is 0 Å². The van der Waals surface area contributed by atoms with Crippen LogP contribution < -0.4 is 0 Å². The van der Waals surface area contributed by atoms with E-state index in [1.54, 1.807) is 42.5 Å². The number of fused-ring (bicyclic) bond motifs is 3. The number of aryl methyl sites for hydroxylation is 6. The normalized spacial score (nSPS) is 18.2. The minimum atomic E-state index is -2.84. The zero-order chi connectivity index (χ0) is 58.3. The Labute approximate surface area is 393 Å². The van der Waals surface area contributed by atoms with Crippen molar-refractivity contribution in [2.75, 3.05) is 0 Å². The maximum atomic E-state index is 8.54. The summed E-state index contributed by atoms with van der Waals surface area (Å²) in [5, 5.41) is 0.542. The van der Waals surface area contributed by atoms with E-state index in [2.05, 4.69) is 22.1 Å². The second-order valence-corrected chi connectivity index (χ2v) is 16.3. The molecule has 4 heteroatoms. The summed E-state index contributed by atoms with van der Waals surface area (Å²) in [4.78, 5) is 8.71. The molecule has 8 rings (SSSR count). The van der Waals surface area contributed by atoms with Crippen molar-refractivity contribution in [2.24, 2.45) is 5.41 Å². The summed E-state index contributed by atoms with van der Waals surface area (Å²) in [6.45, 7) is -4.32. The van der Waals surface area contributed by atoms with Gasteiger partial charge in [-0.2, -0.15) is 0 Å². The molecule has 0 spiro atoms. The van der Waals surface area contributed by atoms with Gasteiger partial charge in [0.15, 0.2) is 0 Å². The van der Waals surface area contributed by atoms with E-state index in [9.17, 15) is 0 Å². The monoisotopic (exact) mass is 974 g/mol. The van der Waals surface area contributed by atoms with Gasteiger partial charge < -0.3 is 14.4 Å². The smallest absolute Gasteiger partial charge is 0.123 e. The van der Waals surface area contributed by atoms with E-state index < -0.39 is 52.9 Å². The SMILES string of the molecule is [2H]C([2H])([2H])c1c[c-]c(-c2ccc(C([2H])([2H])C(C)(C)C)cn2)cc1.[2H]C([2H])([2H])c1cc(C([2H])([2H])[2H])c2oc3c(-c4cc(-c5cc(C([2H])([2H])[2H])c(-c6ccc(C(C)(C)C)cc6)cc5C([2H])([2H])[2H])c(C([2H])([2H])[2H])cn4)[c-]ccc3c2c1.[Ir]. The summed E-state index contributed by atoms with van der Waals surface area (Å²) >= 11 is 0. The van der Waals surface area contributed by atoms with Crippen molar-refractivity contribution in [2.45, 2.75) is 94.4 Å². The fourth-order valence-electron chi connectivity index (χ4n) is 6.70. The first kappa shape index (κ1) is 24.2. The van der Waals surface area contributed by atoms with E-state index in [1.807, 2.05) is 53.7 Å². The predicted molar refractivity (Wildman–Crippen MR) is 245 cm³/mol. The number of benzene rings is 5. The average molecular weight is 973 g/mol. The number of furan rings is 1. The van der Waals surface area contributed by atoms with Crippen molar-refractivity contribution in [3.63, 3.8) is 0 Å². The Balaban J connectivity index is 0.000000351. The second kappa shape index (κ2) is 17.2. The summed E-state index contributed by atoms with van der Waals surface area (Å²) < 4.78 is 169. The minimum Gasteiger partial charge on any atom is -0.500 e. The maximum Gasteiger partial charge on any atom is 0.123 e. The van der Waals surface area contributed by atoms with Gasteiger partial charge in [-0.05, 0) is 125 Å². The van der Waals surface area contributed by atoms with Crippen molar-refractivity contribution < 1.29 is 51.9 Å². The Morgan fingerprint density at radius 1 is 0.610 bits per heavy atom. The molecule has 0 bridgehead atoms. The van der Waals surface area contributed by atoms with Gasteiger partial charge in [-0.1, -0.05) is 126 Å². The van der Waals surface area contributed by atoms with Crippen LogP contribution in [-0.2, 0) is 31.9 Å². The third-order valence-corrected chi connectivity index (χ3v) is 9.57. The molecule has 0 amide bonds. The summed E-state index contributed by atoms with van der Waals surface area (Å²) in [7, 11) is 0. The first-order chi connectivity index (χ1) is 35.5. The van der Waals surface area contributed by atoms with E-state index >= 15 is 0 Å². The molecule has 303 valence electrons. The molecule has 0 N–H and O–H groups in total. The molecule has 3 aromatic heterocycles. The van der Waals surface area contributed by atoms with E-state index in [4.69, 9.17) is 31.8 Å². The Morgan fingerprint density at radius 3 is 1.97 bits per heavy atom. The maximum absolute atomic E-state index is 8.54. The Morgan fingerprint density at radius 2 is 1.32 bits per heavy atom. The van der Waals surface area contributed by atoms with Gasteiger partial charge in [0.05, 0.1) is 5.58 Å². The molecule has 3 heterocycles. The zero-order valence-electron chi connectivity index (χ0n) is 53.5. The van der Waals surface area contributed by atoms with Crippen molar-refractivity contribution in [3.8, 4) is 44.8 Å². The van der Waals surface area contributed by atoms with Crippen LogP contribution in [-0.4, -0.2) is 9.97 Å². The molecule has 0 saturated carbocycles. The molecule has 1 radical (unpaired) electrons. The molecular weight excluding hydrogens is 897 g/mol. The molecular formula is C55H56IrN2O-2. The molecule has 3 nitrogen and oxygen atoms in total. The average Bonchev–Trinajstić information content (AvgIpc) is 3.71. The van der Waals surface area contributed by atoms with Crippen molar-refractivity contribution >= 4 is 21.9 Å². The summed E-state index contributed by atoms with van der Waals surface area (Å²) in [5.74, 6) is 0. The summed E-state index contributed by atoms with van der Waals surface area (Å²) in [5.41, 5.74) is 1.48. The fourth-order valence-corrected chi connectivity index (χ4v) is 6.70. The largest absolute Gasteiger partial charge is 0.500 e. The molecule has 0 saturated heterocycles. The standard InChI is InChI=1S/C38H36NO.C17H20N.Ir/c1-22-16-25(4)36-34(17-22)29-10-9-11-30(37(29)40-36)35-20-33(26(5)21-39-35)32-19-23(2)31(18-24(32)3)27-12-14-28(15-13-27)38(6,7)8;1-13-5-8-15(9-6-13)16-10-7-14(12-18-16)11-17(2,3)4;/h9-10,12-21H,1-8H3;5-8,10,12H,11H2,1-4H3;/q2*-1;/i1D3,2D3,3D3,4D3,5D3;1D3,11D2;. The van der Waals surface area contributed by atoms with E-state index in [1.165, 1.54) is 42.6 Å². The van der Waals surface area contributed by atoms with Crippen LogP contribution in [0.25, 0.3) is 66.7 Å². The Kier molecular flexibility index (Phi) is 7.06. The topological polar surface area (TPSA) is 38.9 Å². The Bertz CT molecular complexity index is 3500. The van der Waals surface area contributed by atoms with Crippen LogP contribution in [0.1, 0.15) is 113 Å². The number of hydrogen-bond acceptors (Lipinski definition) is 3. The predicted octanol–water partition coefficient (Wildman–Crippen LogP) is 15.1. The van der Waals surface area contributed by atoms with E-state index in [-0.39, 0.29) is 103 Å². The molecule has 59 heavy (non-hydrogen) atoms. The van der Waals surface area contributed by atoms with Crippen molar-refractivity contribution in [1.82, 2.24) is 9.97 Å². The van der Waals surface area contributed by atoms with Crippen LogP contribution in [0.5, 0.6) is 0 Å². The number of pyridine rings is 2. The quantitative estimate of drug-likeness (QED) is 0.161. The molecule has 0 unspecified atom stereocenters. The van der Waals surface area contributed by atoms with Gasteiger partial charge in [0.1, 0.15) is 5.58 Å². The first-order valence-electron chi connectivity index (χ1n) is 28.7. The van der Waals surface area contributed by atoms with E-state index in [0.717, 1.165) is 17.8 Å². The number of rotatable bonds is 5. The molecule has 5 aromatic carbocycles. The van der Waals surface area contributed by atoms with Crippen molar-refractivity contribution in [1.29, 1.82) is 0 Å². The number of nitrogens with zero attached hydrogens (tertiary/aromatic N) is 2. The van der Waals surface area contributed by atoms with Crippen LogP contribution in [0.2, 0.25) is 0 Å². The molecule has 0 atom stereocenters. The zero-order valence-corrected chi connectivity index (χ0v) is 35.9. The minimum absolute atomic E-state index is 0. The van der Waals surface area contributed by atoms with E-state index in [0.29, 0.717) is 27.8 Å². The van der Waals surface area contributed by atoms with Gasteiger partial charge in [0, 0.05) is 65.3 Å². The van der Waals surface area contributed by atoms with Crippen LogP contribution in [0.15, 0.2) is 114 Å². The second-order valence-electron chi connectivity index (χ2n) is 16.3.